The number of aliphatic imine (C=N–C) groups is 1. The van der Waals surface area contributed by atoms with E-state index in [0.717, 1.165) is 35.6 Å². The largest absolute Gasteiger partial charge is 0.361 e. The first-order valence-electron chi connectivity index (χ1n) is 12.3. The average Bonchev–Trinajstić information content (AvgIpc) is 3.34. The Bertz CT molecular complexity index is 1360. The lowest BCUT2D eigenvalue weighted by Crippen LogP contribution is -2.58. The summed E-state index contributed by atoms with van der Waals surface area (Å²) in [4.78, 5) is 7.15. The Morgan fingerprint density at radius 2 is 1.15 bits per heavy atom. The smallest absolute Gasteiger partial charge is 0.0777 e. The normalized spacial score (nSPS) is 14.3. The predicted octanol–water partition coefficient (Wildman–Crippen LogP) is 4.15. The highest BCUT2D eigenvalue weighted by molar-refractivity contribution is 5.88. The average molecular weight is 542 g/mol. The summed E-state index contributed by atoms with van der Waals surface area (Å²) >= 11 is 0. The van der Waals surface area contributed by atoms with Crippen LogP contribution in [0.25, 0.3) is 0 Å². The molecule has 0 fully saturated rings. The Balaban J connectivity index is 0.000000648. The van der Waals surface area contributed by atoms with E-state index in [1.165, 1.54) is 16.8 Å². The van der Waals surface area contributed by atoms with E-state index in [4.69, 9.17) is 23.6 Å². The Labute approximate surface area is 230 Å². The second kappa shape index (κ2) is 13.5. The molecule has 7 nitrogen and oxygen atoms in total. The van der Waals surface area contributed by atoms with E-state index in [0.29, 0.717) is 0 Å². The number of nitrogens with one attached hydrogen (secondary N) is 1. The minimum absolute atomic E-state index is 0.935. The summed E-state index contributed by atoms with van der Waals surface area (Å²) in [5.41, 5.74) is 7.94. The number of hydrogen-bond acceptors (Lipinski definition) is 7. The Hall–Kier alpha value is -4.24. The minimum Gasteiger partial charge on any atom is -0.361 e. The molecule has 0 saturated carbocycles. The quantitative estimate of drug-likeness (QED) is 0.339. The van der Waals surface area contributed by atoms with E-state index in [-0.39, 0.29) is 0 Å². The number of para-hydroxylation sites is 4. The molecule has 39 heavy (non-hydrogen) atoms. The Kier molecular flexibility index (Phi) is 9.64. The molecular formula is C31H28ClN3O4. The fraction of sp³-hybridized carbons (Fsp3) is 0.0645. The van der Waals surface area contributed by atoms with Crippen molar-refractivity contribution in [3.8, 4) is 0 Å². The highest BCUT2D eigenvalue weighted by Gasteiger charge is 2.26. The molecule has 5 rings (SSSR count). The van der Waals surface area contributed by atoms with Crippen LogP contribution in [-0.2, 0) is 0 Å². The topological polar surface area (TPSA) is 117 Å². The number of halogens is 1. The highest BCUT2D eigenvalue weighted by atomic mass is 35.7. The zero-order valence-electron chi connectivity index (χ0n) is 21.1. The first-order valence-corrected chi connectivity index (χ1v) is 13.5. The van der Waals surface area contributed by atoms with Gasteiger partial charge in [0.1, 0.15) is 0 Å². The standard InChI is InChI=1S/C31H27N3.ClHO4/c1-5-13-27(14-6-1)32-23-25-21-22-26(24-33-28-15-7-2-8-16-28)31(25)34(29-17-9-3-10-18-29)30-19-11-4-12-20-30;2-1(3,4)5/h1-20,23-24,32H,21-22H2;(H,2,3,4,5). The number of nitrogens with zero attached hydrogens (tertiary/aromatic N) is 2. The second-order valence-electron chi connectivity index (χ2n) is 8.55. The van der Waals surface area contributed by atoms with Gasteiger partial charge in [0.15, 0.2) is 0 Å². The van der Waals surface area contributed by atoms with Crippen LogP contribution < -0.4 is 24.2 Å². The van der Waals surface area contributed by atoms with E-state index in [1.54, 1.807) is 0 Å². The van der Waals surface area contributed by atoms with Gasteiger partial charge >= 0.3 is 0 Å². The van der Waals surface area contributed by atoms with Crippen LogP contribution in [0.2, 0.25) is 0 Å². The van der Waals surface area contributed by atoms with E-state index in [1.807, 2.05) is 54.7 Å². The van der Waals surface area contributed by atoms with Gasteiger partial charge in [-0.2, -0.15) is 14.0 Å². The van der Waals surface area contributed by atoms with Gasteiger partial charge < -0.3 is 10.2 Å². The zero-order chi connectivity index (χ0) is 27.5. The van der Waals surface area contributed by atoms with Crippen molar-refractivity contribution in [1.82, 2.24) is 0 Å². The summed E-state index contributed by atoms with van der Waals surface area (Å²) < 4.78 is 32.7. The summed E-state index contributed by atoms with van der Waals surface area (Å²) in [5.74, 6) is 0. The van der Waals surface area contributed by atoms with Gasteiger partial charge in [0.05, 0.1) is 26.3 Å². The summed E-state index contributed by atoms with van der Waals surface area (Å²) in [6.07, 6.45) is 6.06. The predicted molar refractivity (Wildman–Crippen MR) is 146 cm³/mol. The summed E-state index contributed by atoms with van der Waals surface area (Å²) in [5, 5.41) is 3.50. The van der Waals surface area contributed by atoms with Gasteiger partial charge in [-0.25, -0.2) is 0 Å². The maximum atomic E-state index is 8.60. The molecule has 0 atom stereocenters. The molecule has 0 aromatic heterocycles. The third-order valence-electron chi connectivity index (χ3n) is 5.84. The molecule has 0 spiro atoms. The maximum Gasteiger partial charge on any atom is 0.0777 e. The van der Waals surface area contributed by atoms with Crippen molar-refractivity contribution in [2.45, 2.75) is 12.8 Å². The molecule has 0 heterocycles. The number of rotatable bonds is 7. The van der Waals surface area contributed by atoms with Gasteiger partial charge in [0.2, 0.25) is 0 Å². The van der Waals surface area contributed by atoms with E-state index in [2.05, 4.69) is 89.2 Å². The van der Waals surface area contributed by atoms with Gasteiger partial charge in [-0.3, -0.25) is 4.99 Å². The van der Waals surface area contributed by atoms with Crippen molar-refractivity contribution in [2.75, 3.05) is 10.2 Å². The van der Waals surface area contributed by atoms with Crippen LogP contribution in [-0.4, -0.2) is 10.9 Å². The van der Waals surface area contributed by atoms with Gasteiger partial charge in [0, 0.05) is 29.5 Å². The maximum absolute atomic E-state index is 8.60. The van der Waals surface area contributed by atoms with Crippen LogP contribution in [0.4, 0.5) is 22.7 Å². The fourth-order valence-electron chi connectivity index (χ4n) is 4.20. The van der Waals surface area contributed by atoms with E-state index >= 15 is 0 Å². The highest BCUT2D eigenvalue weighted by Crippen LogP contribution is 2.40. The lowest BCUT2D eigenvalue weighted by Gasteiger charge is -2.28. The number of anilines is 3. The van der Waals surface area contributed by atoms with Crippen LogP contribution in [0.5, 0.6) is 0 Å². The Morgan fingerprint density at radius 3 is 1.67 bits per heavy atom. The van der Waals surface area contributed by atoms with Crippen molar-refractivity contribution in [2.24, 2.45) is 4.99 Å². The molecule has 0 amide bonds. The molecule has 4 aromatic rings. The van der Waals surface area contributed by atoms with Crippen molar-refractivity contribution in [1.29, 1.82) is 0 Å². The fourth-order valence-corrected chi connectivity index (χ4v) is 4.20. The van der Waals surface area contributed by atoms with Crippen molar-refractivity contribution >= 4 is 29.0 Å². The molecule has 0 radical (unpaired) electrons. The zero-order valence-corrected chi connectivity index (χ0v) is 21.8. The van der Waals surface area contributed by atoms with Crippen LogP contribution in [0, 0.1) is 10.2 Å². The molecule has 0 bridgehead atoms. The van der Waals surface area contributed by atoms with Crippen molar-refractivity contribution in [3.05, 3.63) is 144 Å². The van der Waals surface area contributed by atoms with Gasteiger partial charge in [-0.05, 0) is 72.5 Å². The summed E-state index contributed by atoms with van der Waals surface area (Å²) in [6.45, 7) is 0. The van der Waals surface area contributed by atoms with Crippen LogP contribution >= 0.6 is 0 Å². The third-order valence-corrected chi connectivity index (χ3v) is 5.84. The number of hydrogen-bond donors (Lipinski definition) is 2. The summed E-state index contributed by atoms with van der Waals surface area (Å²) in [6, 6.07) is 41.5. The monoisotopic (exact) mass is 541 g/mol. The first kappa shape index (κ1) is 27.8. The molecule has 198 valence electrons. The molecule has 2 N–H and O–H groups in total. The second-order valence-corrected chi connectivity index (χ2v) is 9.34. The van der Waals surface area contributed by atoms with Crippen molar-refractivity contribution < 1.29 is 28.9 Å². The minimum atomic E-state index is -4.69. The van der Waals surface area contributed by atoms with Gasteiger partial charge in [-0.1, -0.05) is 72.8 Å². The number of allylic oxidation sites excluding steroid dienone is 2. The third kappa shape index (κ3) is 8.65. The molecular weight excluding hydrogens is 514 g/mol. The summed E-state index contributed by atoms with van der Waals surface area (Å²) in [7, 11) is -4.69. The molecule has 1 aliphatic rings. The van der Waals surface area contributed by atoms with E-state index in [9.17, 15) is 0 Å². The molecule has 0 aliphatic heterocycles. The molecule has 8 heteroatoms. The molecule has 4 aromatic carbocycles. The lowest BCUT2D eigenvalue weighted by atomic mass is 10.1. The van der Waals surface area contributed by atoms with Crippen LogP contribution in [0.3, 0.4) is 0 Å². The van der Waals surface area contributed by atoms with E-state index < -0.39 is 10.2 Å². The first-order chi connectivity index (χ1) is 18.9. The van der Waals surface area contributed by atoms with Crippen molar-refractivity contribution in [3.63, 3.8) is 0 Å². The van der Waals surface area contributed by atoms with Crippen LogP contribution in [0.15, 0.2) is 149 Å². The lowest BCUT2D eigenvalue weighted by molar-refractivity contribution is -1.92. The molecule has 1 aliphatic carbocycles. The molecule has 0 saturated heterocycles. The van der Waals surface area contributed by atoms with Crippen LogP contribution in [0.1, 0.15) is 12.8 Å². The van der Waals surface area contributed by atoms with Gasteiger partial charge in [0.25, 0.3) is 0 Å². The Morgan fingerprint density at radius 1 is 0.692 bits per heavy atom. The number of benzene rings is 4. The SMILES string of the molecule is C(=Nc1ccccc1)C1=C(N(c2ccccc2)c2ccccc2)C(=CNc2ccccc2)CC1.[O-][Cl+3]([O-])([O-])O. The molecule has 0 unspecified atom stereocenters. The van der Waals surface area contributed by atoms with Gasteiger partial charge in [-0.15, -0.1) is 0 Å².